The summed E-state index contributed by atoms with van der Waals surface area (Å²) in [4.78, 5) is 4.26. The third-order valence-corrected chi connectivity index (χ3v) is 4.04. The number of rotatable bonds is 6. The van der Waals surface area contributed by atoms with Crippen LogP contribution < -0.4 is 11.1 Å². The number of hydrogen-bond acceptors (Lipinski definition) is 3. The summed E-state index contributed by atoms with van der Waals surface area (Å²) in [5.74, 6) is 0. The van der Waals surface area contributed by atoms with Crippen molar-refractivity contribution in [3.05, 3.63) is 59.9 Å². The molecule has 0 saturated heterocycles. The first-order valence-corrected chi connectivity index (χ1v) is 7.55. The van der Waals surface area contributed by atoms with Crippen LogP contribution in [0.15, 0.2) is 48.8 Å². The number of nitrogens with one attached hydrogen (secondary N) is 1. The van der Waals surface area contributed by atoms with Crippen LogP contribution in [0, 0.1) is 0 Å². The molecule has 2 rings (SSSR count). The number of nitrogen functional groups attached to an aromatic ring is 1. The van der Waals surface area contributed by atoms with E-state index in [9.17, 15) is 0 Å². The van der Waals surface area contributed by atoms with E-state index in [-0.39, 0.29) is 11.5 Å². The second-order valence-corrected chi connectivity index (χ2v) is 5.98. The number of aromatic nitrogens is 1. The summed E-state index contributed by atoms with van der Waals surface area (Å²) in [5.41, 5.74) is 9.27. The first-order valence-electron chi connectivity index (χ1n) is 7.55. The summed E-state index contributed by atoms with van der Waals surface area (Å²) in [5, 5.41) is 3.65. The molecule has 2 aromatic rings. The summed E-state index contributed by atoms with van der Waals surface area (Å²) in [6, 6.07) is 12.6. The molecule has 1 unspecified atom stereocenters. The van der Waals surface area contributed by atoms with Crippen LogP contribution in [-0.4, -0.2) is 11.5 Å². The zero-order valence-corrected chi connectivity index (χ0v) is 13.1. The number of nitrogens with two attached hydrogens (primary N) is 1. The summed E-state index contributed by atoms with van der Waals surface area (Å²) < 4.78 is 0. The molecule has 0 saturated carbocycles. The van der Waals surface area contributed by atoms with Crippen molar-refractivity contribution in [2.24, 2.45) is 0 Å². The zero-order chi connectivity index (χ0) is 15.3. The molecule has 0 aliphatic carbocycles. The molecule has 1 heterocycles. The Labute approximate surface area is 127 Å². The van der Waals surface area contributed by atoms with Gasteiger partial charge in [-0.2, -0.15) is 0 Å². The van der Waals surface area contributed by atoms with Crippen molar-refractivity contribution in [2.75, 3.05) is 12.3 Å². The van der Waals surface area contributed by atoms with Crippen molar-refractivity contribution in [1.29, 1.82) is 0 Å². The van der Waals surface area contributed by atoms with E-state index < -0.39 is 0 Å². The molecule has 3 N–H and O–H groups in total. The van der Waals surface area contributed by atoms with Gasteiger partial charge in [-0.3, -0.25) is 4.98 Å². The molecule has 3 nitrogen and oxygen atoms in total. The molecule has 0 amide bonds. The molecule has 1 atom stereocenters. The highest BCUT2D eigenvalue weighted by molar-refractivity contribution is 5.48. The summed E-state index contributed by atoms with van der Waals surface area (Å²) in [6.45, 7) is 7.63. The number of nitrogens with zero attached hydrogens (tertiary/aromatic N) is 1. The molecule has 112 valence electrons. The van der Waals surface area contributed by atoms with E-state index in [0.29, 0.717) is 0 Å². The molecule has 0 radical (unpaired) electrons. The average Bonchev–Trinajstić information content (AvgIpc) is 2.50. The maximum absolute atomic E-state index is 6.19. The van der Waals surface area contributed by atoms with E-state index >= 15 is 0 Å². The molecule has 0 bridgehead atoms. The van der Waals surface area contributed by atoms with Crippen LogP contribution in [-0.2, 0) is 5.41 Å². The fourth-order valence-electron chi connectivity index (χ4n) is 2.74. The van der Waals surface area contributed by atoms with Gasteiger partial charge in [0.15, 0.2) is 0 Å². The van der Waals surface area contributed by atoms with E-state index in [2.05, 4.69) is 55.3 Å². The summed E-state index contributed by atoms with van der Waals surface area (Å²) >= 11 is 0. The van der Waals surface area contributed by atoms with Gasteiger partial charge in [0, 0.05) is 35.1 Å². The molecular weight excluding hydrogens is 258 g/mol. The van der Waals surface area contributed by atoms with Crippen LogP contribution in [0.5, 0.6) is 0 Å². The maximum Gasteiger partial charge on any atom is 0.0448 e. The molecule has 0 aliphatic rings. The Balaban J connectivity index is 2.42. The fraction of sp³-hybridized carbons (Fsp3) is 0.389. The third-order valence-electron chi connectivity index (χ3n) is 4.04. The highest BCUT2D eigenvalue weighted by atomic mass is 14.9. The van der Waals surface area contributed by atoms with Crippen molar-refractivity contribution in [2.45, 2.75) is 38.6 Å². The lowest BCUT2D eigenvalue weighted by Gasteiger charge is -2.36. The monoisotopic (exact) mass is 283 g/mol. The van der Waals surface area contributed by atoms with Gasteiger partial charge in [0.25, 0.3) is 0 Å². The van der Waals surface area contributed by atoms with Gasteiger partial charge in [0.2, 0.25) is 0 Å². The van der Waals surface area contributed by atoms with E-state index in [4.69, 9.17) is 5.73 Å². The van der Waals surface area contributed by atoms with E-state index in [1.807, 2.05) is 18.3 Å². The van der Waals surface area contributed by atoms with Crippen molar-refractivity contribution in [1.82, 2.24) is 10.3 Å². The SMILES string of the molecule is CCCNC(c1cnccc1N)C(C)(C)c1ccccc1. The van der Waals surface area contributed by atoms with Gasteiger partial charge in [-0.05, 0) is 24.6 Å². The molecule has 21 heavy (non-hydrogen) atoms. The van der Waals surface area contributed by atoms with Crippen LogP contribution >= 0.6 is 0 Å². The van der Waals surface area contributed by atoms with Crippen LogP contribution in [0.4, 0.5) is 5.69 Å². The first kappa shape index (κ1) is 15.5. The lowest BCUT2D eigenvalue weighted by Crippen LogP contribution is -2.38. The lowest BCUT2D eigenvalue weighted by atomic mass is 9.75. The smallest absolute Gasteiger partial charge is 0.0448 e. The highest BCUT2D eigenvalue weighted by Crippen LogP contribution is 2.38. The number of anilines is 1. The second kappa shape index (κ2) is 6.72. The lowest BCUT2D eigenvalue weighted by molar-refractivity contribution is 0.348. The van der Waals surface area contributed by atoms with Crippen LogP contribution in [0.3, 0.4) is 0 Å². The normalized spacial score (nSPS) is 13.1. The van der Waals surface area contributed by atoms with Crippen LogP contribution in [0.25, 0.3) is 0 Å². The van der Waals surface area contributed by atoms with Gasteiger partial charge >= 0.3 is 0 Å². The van der Waals surface area contributed by atoms with Gasteiger partial charge in [-0.1, -0.05) is 51.1 Å². The Bertz CT molecular complexity index is 564. The van der Waals surface area contributed by atoms with Gasteiger partial charge in [-0.25, -0.2) is 0 Å². The Hall–Kier alpha value is -1.87. The third kappa shape index (κ3) is 3.42. The zero-order valence-electron chi connectivity index (χ0n) is 13.1. The average molecular weight is 283 g/mol. The Kier molecular flexibility index (Phi) is 4.97. The van der Waals surface area contributed by atoms with Crippen molar-refractivity contribution < 1.29 is 0 Å². The molecule has 1 aromatic heterocycles. The first-order chi connectivity index (χ1) is 10.1. The minimum absolute atomic E-state index is 0.0758. The molecule has 0 fully saturated rings. The standard InChI is InChI=1S/C18H25N3/c1-4-11-21-17(15-13-20-12-10-16(15)19)18(2,3)14-8-6-5-7-9-14/h5-10,12-13,17,21H,4,11H2,1-3H3,(H2,19,20). The molecule has 0 aliphatic heterocycles. The van der Waals surface area contributed by atoms with Crippen LogP contribution in [0.2, 0.25) is 0 Å². The van der Waals surface area contributed by atoms with Crippen molar-refractivity contribution in [3.8, 4) is 0 Å². The predicted molar refractivity (Wildman–Crippen MR) is 89.2 cm³/mol. The van der Waals surface area contributed by atoms with E-state index in [1.54, 1.807) is 6.20 Å². The van der Waals surface area contributed by atoms with Gasteiger partial charge < -0.3 is 11.1 Å². The minimum Gasteiger partial charge on any atom is -0.398 e. The number of hydrogen-bond donors (Lipinski definition) is 2. The quantitative estimate of drug-likeness (QED) is 0.850. The number of pyridine rings is 1. The molecule has 0 spiro atoms. The van der Waals surface area contributed by atoms with Crippen molar-refractivity contribution >= 4 is 5.69 Å². The van der Waals surface area contributed by atoms with E-state index in [0.717, 1.165) is 24.2 Å². The van der Waals surface area contributed by atoms with Gasteiger partial charge in [-0.15, -0.1) is 0 Å². The van der Waals surface area contributed by atoms with E-state index in [1.165, 1.54) is 5.56 Å². The van der Waals surface area contributed by atoms with Gasteiger partial charge in [0.1, 0.15) is 0 Å². The van der Waals surface area contributed by atoms with Crippen LogP contribution in [0.1, 0.15) is 44.4 Å². The predicted octanol–water partition coefficient (Wildman–Crippen LogP) is 3.68. The summed E-state index contributed by atoms with van der Waals surface area (Å²) in [7, 11) is 0. The minimum atomic E-state index is -0.0758. The highest BCUT2D eigenvalue weighted by Gasteiger charge is 2.33. The summed E-state index contributed by atoms with van der Waals surface area (Å²) in [6.07, 6.45) is 4.71. The molecule has 1 aromatic carbocycles. The topological polar surface area (TPSA) is 50.9 Å². The molecular formula is C18H25N3. The maximum atomic E-state index is 6.19. The molecule has 3 heteroatoms. The van der Waals surface area contributed by atoms with Crippen molar-refractivity contribution in [3.63, 3.8) is 0 Å². The fourth-order valence-corrected chi connectivity index (χ4v) is 2.74. The largest absolute Gasteiger partial charge is 0.398 e. The number of benzene rings is 1. The van der Waals surface area contributed by atoms with Gasteiger partial charge in [0.05, 0.1) is 0 Å². The Morgan fingerprint density at radius 2 is 1.90 bits per heavy atom. The Morgan fingerprint density at radius 3 is 2.52 bits per heavy atom. The second-order valence-electron chi connectivity index (χ2n) is 5.98. The Morgan fingerprint density at radius 1 is 1.19 bits per heavy atom.